The summed E-state index contributed by atoms with van der Waals surface area (Å²) in [7, 11) is 0. The Morgan fingerprint density at radius 2 is 1.87 bits per heavy atom. The normalized spacial score (nSPS) is 10.3. The standard InChI is InChI=1S/C12H10FNO/c1-8-4-2-5-9(12(8)13)10-6-3-7-11(15)14-10/h2-7H,1H3,(H,14,15). The van der Waals surface area contributed by atoms with Gasteiger partial charge in [-0.25, -0.2) is 4.39 Å². The van der Waals surface area contributed by atoms with E-state index in [9.17, 15) is 9.18 Å². The molecular formula is C12H10FNO. The molecule has 0 amide bonds. The van der Waals surface area contributed by atoms with Gasteiger partial charge < -0.3 is 4.98 Å². The monoisotopic (exact) mass is 203 g/mol. The highest BCUT2D eigenvalue weighted by molar-refractivity contribution is 5.60. The summed E-state index contributed by atoms with van der Waals surface area (Å²) < 4.78 is 13.7. The number of benzene rings is 1. The highest BCUT2D eigenvalue weighted by Gasteiger charge is 2.06. The molecule has 0 aliphatic heterocycles. The lowest BCUT2D eigenvalue weighted by Gasteiger charge is -2.04. The second-order valence-corrected chi connectivity index (χ2v) is 3.37. The minimum atomic E-state index is -0.292. The summed E-state index contributed by atoms with van der Waals surface area (Å²) in [6.07, 6.45) is 0. The van der Waals surface area contributed by atoms with Gasteiger partial charge in [0.05, 0.1) is 5.69 Å². The van der Waals surface area contributed by atoms with Gasteiger partial charge in [0.25, 0.3) is 0 Å². The Hall–Kier alpha value is -1.90. The van der Waals surface area contributed by atoms with E-state index in [-0.39, 0.29) is 11.4 Å². The Morgan fingerprint density at radius 1 is 1.13 bits per heavy atom. The average Bonchev–Trinajstić information content (AvgIpc) is 2.22. The van der Waals surface area contributed by atoms with Gasteiger partial charge in [-0.15, -0.1) is 0 Å². The molecule has 1 heterocycles. The highest BCUT2D eigenvalue weighted by atomic mass is 19.1. The quantitative estimate of drug-likeness (QED) is 0.758. The number of halogens is 1. The Labute approximate surface area is 86.4 Å². The second-order valence-electron chi connectivity index (χ2n) is 3.37. The van der Waals surface area contributed by atoms with Gasteiger partial charge in [-0.05, 0) is 24.6 Å². The van der Waals surface area contributed by atoms with Crippen molar-refractivity contribution < 1.29 is 4.39 Å². The maximum atomic E-state index is 13.7. The zero-order valence-corrected chi connectivity index (χ0v) is 8.25. The van der Waals surface area contributed by atoms with Crippen molar-refractivity contribution in [1.29, 1.82) is 0 Å². The third-order valence-electron chi connectivity index (χ3n) is 2.25. The summed E-state index contributed by atoms with van der Waals surface area (Å²) in [6.45, 7) is 1.69. The molecule has 1 aromatic heterocycles. The predicted molar refractivity (Wildman–Crippen MR) is 57.2 cm³/mol. The summed E-state index contributed by atoms with van der Waals surface area (Å²) in [4.78, 5) is 13.7. The van der Waals surface area contributed by atoms with Crippen LogP contribution in [0.25, 0.3) is 11.3 Å². The van der Waals surface area contributed by atoms with Crippen molar-refractivity contribution in [2.24, 2.45) is 0 Å². The molecule has 3 heteroatoms. The number of nitrogens with one attached hydrogen (secondary N) is 1. The first-order valence-corrected chi connectivity index (χ1v) is 4.63. The Morgan fingerprint density at radius 3 is 2.60 bits per heavy atom. The third kappa shape index (κ3) is 1.81. The van der Waals surface area contributed by atoms with Crippen LogP contribution in [0.2, 0.25) is 0 Å². The maximum Gasteiger partial charge on any atom is 0.248 e. The van der Waals surface area contributed by atoms with E-state index in [2.05, 4.69) is 4.98 Å². The average molecular weight is 203 g/mol. The van der Waals surface area contributed by atoms with E-state index in [1.807, 2.05) is 0 Å². The summed E-state index contributed by atoms with van der Waals surface area (Å²) in [5, 5.41) is 0. The number of aromatic amines is 1. The van der Waals surface area contributed by atoms with Crippen LogP contribution in [0.15, 0.2) is 41.2 Å². The lowest BCUT2D eigenvalue weighted by Crippen LogP contribution is -2.04. The van der Waals surface area contributed by atoms with Crippen molar-refractivity contribution in [2.75, 3.05) is 0 Å². The first-order chi connectivity index (χ1) is 7.18. The fourth-order valence-electron chi connectivity index (χ4n) is 1.46. The molecule has 2 rings (SSSR count). The molecule has 0 saturated carbocycles. The summed E-state index contributed by atoms with van der Waals surface area (Å²) >= 11 is 0. The van der Waals surface area contributed by atoms with E-state index in [0.29, 0.717) is 16.8 Å². The molecule has 0 spiro atoms. The van der Waals surface area contributed by atoms with Crippen molar-refractivity contribution in [3.8, 4) is 11.3 Å². The summed E-state index contributed by atoms with van der Waals surface area (Å²) in [5.74, 6) is -0.292. The third-order valence-corrected chi connectivity index (χ3v) is 2.25. The van der Waals surface area contributed by atoms with Crippen LogP contribution in [-0.4, -0.2) is 4.98 Å². The van der Waals surface area contributed by atoms with E-state index >= 15 is 0 Å². The smallest absolute Gasteiger partial charge is 0.248 e. The molecule has 0 fully saturated rings. The van der Waals surface area contributed by atoms with Crippen LogP contribution >= 0.6 is 0 Å². The molecule has 0 radical (unpaired) electrons. The molecule has 76 valence electrons. The molecule has 15 heavy (non-hydrogen) atoms. The van der Waals surface area contributed by atoms with Crippen LogP contribution in [0.5, 0.6) is 0 Å². The minimum Gasteiger partial charge on any atom is -0.322 e. The van der Waals surface area contributed by atoms with E-state index < -0.39 is 0 Å². The number of H-pyrrole nitrogens is 1. The molecule has 1 aromatic carbocycles. The fourth-order valence-corrected chi connectivity index (χ4v) is 1.46. The largest absolute Gasteiger partial charge is 0.322 e. The van der Waals surface area contributed by atoms with Gasteiger partial charge in [0.2, 0.25) is 5.56 Å². The van der Waals surface area contributed by atoms with Crippen LogP contribution in [-0.2, 0) is 0 Å². The Bertz CT molecular complexity index is 545. The Kier molecular flexibility index (Phi) is 2.37. The summed E-state index contributed by atoms with van der Waals surface area (Å²) in [6, 6.07) is 9.79. The van der Waals surface area contributed by atoms with Crippen molar-refractivity contribution in [2.45, 2.75) is 6.92 Å². The number of hydrogen-bond donors (Lipinski definition) is 1. The van der Waals surface area contributed by atoms with E-state index in [1.165, 1.54) is 6.07 Å². The zero-order chi connectivity index (χ0) is 10.8. The molecule has 0 unspecified atom stereocenters. The van der Waals surface area contributed by atoms with Crippen molar-refractivity contribution >= 4 is 0 Å². The molecule has 0 bridgehead atoms. The van der Waals surface area contributed by atoms with Gasteiger partial charge in [0.15, 0.2) is 0 Å². The number of aryl methyl sites for hydroxylation is 1. The molecule has 0 atom stereocenters. The zero-order valence-electron chi connectivity index (χ0n) is 8.25. The van der Waals surface area contributed by atoms with Crippen LogP contribution in [0, 0.1) is 12.7 Å². The lowest BCUT2D eigenvalue weighted by molar-refractivity contribution is 0.621. The molecular weight excluding hydrogens is 193 g/mol. The van der Waals surface area contributed by atoms with Crippen LogP contribution in [0.1, 0.15) is 5.56 Å². The van der Waals surface area contributed by atoms with Gasteiger partial charge in [-0.3, -0.25) is 4.79 Å². The van der Waals surface area contributed by atoms with Crippen molar-refractivity contribution in [1.82, 2.24) is 4.98 Å². The van der Waals surface area contributed by atoms with Gasteiger partial charge >= 0.3 is 0 Å². The van der Waals surface area contributed by atoms with E-state index in [4.69, 9.17) is 0 Å². The number of rotatable bonds is 1. The SMILES string of the molecule is Cc1cccc(-c2cccc(=O)[nH]2)c1F. The molecule has 0 aliphatic carbocycles. The molecule has 2 aromatic rings. The van der Waals surface area contributed by atoms with E-state index in [1.54, 1.807) is 37.3 Å². The van der Waals surface area contributed by atoms with Crippen molar-refractivity contribution in [3.63, 3.8) is 0 Å². The first kappa shape index (κ1) is 9.65. The predicted octanol–water partition coefficient (Wildman–Crippen LogP) is 2.49. The topological polar surface area (TPSA) is 32.9 Å². The summed E-state index contributed by atoms with van der Waals surface area (Å²) in [5.41, 5.74) is 1.27. The van der Waals surface area contributed by atoms with Gasteiger partial charge in [-0.2, -0.15) is 0 Å². The van der Waals surface area contributed by atoms with Gasteiger partial charge in [0.1, 0.15) is 5.82 Å². The molecule has 1 N–H and O–H groups in total. The Balaban J connectivity index is 2.64. The van der Waals surface area contributed by atoms with E-state index in [0.717, 1.165) is 0 Å². The van der Waals surface area contributed by atoms with Crippen molar-refractivity contribution in [3.05, 3.63) is 58.1 Å². The molecule has 0 aliphatic rings. The van der Waals surface area contributed by atoms with Crippen LogP contribution in [0.4, 0.5) is 4.39 Å². The number of hydrogen-bond acceptors (Lipinski definition) is 1. The van der Waals surface area contributed by atoms with Crippen LogP contribution < -0.4 is 5.56 Å². The highest BCUT2D eigenvalue weighted by Crippen LogP contribution is 2.21. The van der Waals surface area contributed by atoms with Crippen LogP contribution in [0.3, 0.4) is 0 Å². The lowest BCUT2D eigenvalue weighted by atomic mass is 10.1. The molecule has 0 saturated heterocycles. The number of aromatic nitrogens is 1. The fraction of sp³-hybridized carbons (Fsp3) is 0.0833. The van der Waals surface area contributed by atoms with Gasteiger partial charge in [-0.1, -0.05) is 18.2 Å². The maximum absolute atomic E-state index is 13.7. The minimum absolute atomic E-state index is 0.228. The molecule has 2 nitrogen and oxygen atoms in total. The first-order valence-electron chi connectivity index (χ1n) is 4.63. The second kappa shape index (κ2) is 3.69. The number of pyridine rings is 1. The van der Waals surface area contributed by atoms with Gasteiger partial charge in [0, 0.05) is 11.6 Å².